The van der Waals surface area contributed by atoms with Gasteiger partial charge in [-0.15, -0.1) is 5.10 Å². The van der Waals surface area contributed by atoms with E-state index in [2.05, 4.69) is 20.6 Å². The van der Waals surface area contributed by atoms with E-state index >= 15 is 0 Å². The van der Waals surface area contributed by atoms with Crippen molar-refractivity contribution in [3.63, 3.8) is 0 Å². The predicted octanol–water partition coefficient (Wildman–Crippen LogP) is 2.47. The fraction of sp³-hybridized carbons (Fsp3) is 0.0714. The van der Waals surface area contributed by atoms with Crippen LogP contribution in [0.1, 0.15) is 16.1 Å². The van der Waals surface area contributed by atoms with Gasteiger partial charge < -0.3 is 15.4 Å². The summed E-state index contributed by atoms with van der Waals surface area (Å²) in [7, 11) is 0. The number of nitrogens with one attached hydrogen (secondary N) is 2. The van der Waals surface area contributed by atoms with E-state index in [9.17, 15) is 14.9 Å². The monoisotopic (exact) mass is 346 g/mol. The highest BCUT2D eigenvalue weighted by atomic mass is 35.5. The Morgan fingerprint density at radius 2 is 2.25 bits per heavy atom. The number of hydrogen-bond acceptors (Lipinski definition) is 5. The molecule has 3 aromatic rings. The number of hydrogen-bond donors (Lipinski definition) is 2. The highest BCUT2D eigenvalue weighted by Gasteiger charge is 2.16. The molecule has 0 saturated carbocycles. The van der Waals surface area contributed by atoms with Crippen LogP contribution in [0.25, 0.3) is 0 Å². The zero-order valence-electron chi connectivity index (χ0n) is 12.1. The molecule has 122 valence electrons. The summed E-state index contributed by atoms with van der Waals surface area (Å²) < 4.78 is 1.67. The van der Waals surface area contributed by atoms with Crippen LogP contribution in [0.2, 0.25) is 5.02 Å². The zero-order chi connectivity index (χ0) is 17.1. The van der Waals surface area contributed by atoms with E-state index in [1.165, 1.54) is 6.20 Å². The fourth-order valence-electron chi connectivity index (χ4n) is 2.08. The first-order valence-corrected chi connectivity index (χ1v) is 7.17. The maximum absolute atomic E-state index is 12.1. The number of nitrogens with zero attached hydrogens (tertiary/aromatic N) is 4. The molecule has 1 aromatic carbocycles. The Balaban J connectivity index is 1.71. The largest absolute Gasteiger partial charge is 0.358 e. The van der Waals surface area contributed by atoms with Gasteiger partial charge in [-0.2, -0.15) is 5.10 Å². The van der Waals surface area contributed by atoms with Crippen LogP contribution in [-0.4, -0.2) is 30.8 Å². The molecule has 1 amide bonds. The maximum Gasteiger partial charge on any atom is 0.343 e. The topological polar surface area (TPSA) is 119 Å². The number of aromatic amines is 1. The van der Waals surface area contributed by atoms with E-state index in [0.717, 1.165) is 11.6 Å². The second-order valence-corrected chi connectivity index (χ2v) is 5.34. The molecule has 0 aliphatic carbocycles. The number of anilines is 1. The van der Waals surface area contributed by atoms with E-state index in [0.29, 0.717) is 17.3 Å². The molecule has 0 fully saturated rings. The van der Waals surface area contributed by atoms with Gasteiger partial charge in [-0.3, -0.25) is 9.48 Å². The van der Waals surface area contributed by atoms with Crippen LogP contribution < -0.4 is 5.32 Å². The molecule has 0 bridgehead atoms. The molecule has 0 atom stereocenters. The summed E-state index contributed by atoms with van der Waals surface area (Å²) in [6, 6.07) is 8.21. The molecule has 0 saturated heterocycles. The van der Waals surface area contributed by atoms with Crippen LogP contribution >= 0.6 is 11.6 Å². The first-order valence-electron chi connectivity index (χ1n) is 6.79. The number of halogens is 1. The standard InChI is InChI=1S/C14H11ClN6O3/c15-10-6-16-20(8-10)7-9-2-1-3-11(4-9)17-14(22)12-5-13(19-18-12)21(23)24/h1-6,8H,7H2,(H,17,22)(H,18,19). The molecule has 0 unspecified atom stereocenters. The molecule has 2 aromatic heterocycles. The fourth-order valence-corrected chi connectivity index (χ4v) is 2.23. The number of aromatic nitrogens is 4. The zero-order valence-corrected chi connectivity index (χ0v) is 12.9. The van der Waals surface area contributed by atoms with E-state index < -0.39 is 10.8 Å². The van der Waals surface area contributed by atoms with E-state index in [4.69, 9.17) is 11.6 Å². The van der Waals surface area contributed by atoms with Crippen LogP contribution in [0.4, 0.5) is 11.5 Å². The molecule has 0 aliphatic heterocycles. The number of carbonyl (C=O) groups excluding carboxylic acids is 1. The second-order valence-electron chi connectivity index (χ2n) is 4.91. The van der Waals surface area contributed by atoms with Gasteiger partial charge in [0.25, 0.3) is 5.91 Å². The van der Waals surface area contributed by atoms with Crippen molar-refractivity contribution in [1.82, 2.24) is 20.0 Å². The Hall–Kier alpha value is -3.20. The van der Waals surface area contributed by atoms with Crippen LogP contribution in [0.3, 0.4) is 0 Å². The minimum Gasteiger partial charge on any atom is -0.358 e. The van der Waals surface area contributed by atoms with Gasteiger partial charge in [0.05, 0.1) is 23.8 Å². The molecule has 0 radical (unpaired) electrons. The van der Waals surface area contributed by atoms with Crippen molar-refractivity contribution in [3.05, 3.63) is 69.1 Å². The number of carbonyl (C=O) groups is 1. The summed E-state index contributed by atoms with van der Waals surface area (Å²) >= 11 is 5.82. The third-order valence-electron chi connectivity index (χ3n) is 3.12. The Bertz CT molecular complexity index is 903. The summed E-state index contributed by atoms with van der Waals surface area (Å²) in [5.41, 5.74) is 1.38. The first kappa shape index (κ1) is 15.7. The predicted molar refractivity (Wildman–Crippen MR) is 86.0 cm³/mol. The third-order valence-corrected chi connectivity index (χ3v) is 3.32. The van der Waals surface area contributed by atoms with Crippen LogP contribution in [-0.2, 0) is 6.54 Å². The van der Waals surface area contributed by atoms with E-state index in [1.807, 2.05) is 6.07 Å². The van der Waals surface area contributed by atoms with Crippen molar-refractivity contribution >= 4 is 29.0 Å². The molecular formula is C14H11ClN6O3. The van der Waals surface area contributed by atoms with Gasteiger partial charge in [-0.25, -0.2) is 0 Å². The van der Waals surface area contributed by atoms with Crippen molar-refractivity contribution in [2.75, 3.05) is 5.32 Å². The minimum atomic E-state index is -0.653. The van der Waals surface area contributed by atoms with Crippen molar-refractivity contribution in [2.24, 2.45) is 0 Å². The lowest BCUT2D eigenvalue weighted by molar-refractivity contribution is -0.389. The quantitative estimate of drug-likeness (QED) is 0.543. The Morgan fingerprint density at radius 1 is 1.42 bits per heavy atom. The lowest BCUT2D eigenvalue weighted by Gasteiger charge is -2.06. The van der Waals surface area contributed by atoms with Gasteiger partial charge in [-0.1, -0.05) is 28.8 Å². The average Bonchev–Trinajstić information content (AvgIpc) is 3.17. The Kier molecular flexibility index (Phi) is 4.25. The highest BCUT2D eigenvalue weighted by molar-refractivity contribution is 6.30. The molecule has 2 N–H and O–H groups in total. The number of amides is 1. The van der Waals surface area contributed by atoms with Gasteiger partial charge in [-0.05, 0) is 22.6 Å². The van der Waals surface area contributed by atoms with E-state index in [-0.39, 0.29) is 11.5 Å². The lowest BCUT2D eigenvalue weighted by atomic mass is 10.2. The third kappa shape index (κ3) is 3.58. The lowest BCUT2D eigenvalue weighted by Crippen LogP contribution is -2.12. The first-order chi connectivity index (χ1) is 11.5. The van der Waals surface area contributed by atoms with Crippen molar-refractivity contribution in [1.29, 1.82) is 0 Å². The van der Waals surface area contributed by atoms with Crippen LogP contribution in [0, 0.1) is 10.1 Å². The maximum atomic E-state index is 12.1. The normalized spacial score (nSPS) is 10.5. The molecule has 3 rings (SSSR count). The minimum absolute atomic E-state index is 0.0639. The van der Waals surface area contributed by atoms with Crippen molar-refractivity contribution in [2.45, 2.75) is 6.54 Å². The molecule has 0 spiro atoms. The molecular weight excluding hydrogens is 336 g/mol. The summed E-state index contributed by atoms with van der Waals surface area (Å²) in [6.45, 7) is 0.490. The number of nitro groups is 1. The smallest absolute Gasteiger partial charge is 0.343 e. The number of H-pyrrole nitrogens is 1. The van der Waals surface area contributed by atoms with E-state index in [1.54, 1.807) is 29.1 Å². The Morgan fingerprint density at radius 3 is 2.92 bits per heavy atom. The van der Waals surface area contributed by atoms with Gasteiger partial charge in [0, 0.05) is 11.9 Å². The number of rotatable bonds is 5. The van der Waals surface area contributed by atoms with Gasteiger partial charge in [0.15, 0.2) is 5.69 Å². The highest BCUT2D eigenvalue weighted by Crippen LogP contribution is 2.15. The summed E-state index contributed by atoms with van der Waals surface area (Å²) in [5, 5.41) is 23.7. The molecule has 2 heterocycles. The number of benzene rings is 1. The van der Waals surface area contributed by atoms with Crippen molar-refractivity contribution < 1.29 is 9.72 Å². The average molecular weight is 347 g/mol. The van der Waals surface area contributed by atoms with Gasteiger partial charge >= 0.3 is 5.82 Å². The molecule has 9 nitrogen and oxygen atoms in total. The van der Waals surface area contributed by atoms with Gasteiger partial charge in [0.2, 0.25) is 0 Å². The van der Waals surface area contributed by atoms with Crippen LogP contribution in [0.15, 0.2) is 42.7 Å². The van der Waals surface area contributed by atoms with Crippen molar-refractivity contribution in [3.8, 4) is 0 Å². The summed E-state index contributed by atoms with van der Waals surface area (Å²) in [5.74, 6) is -0.886. The second kappa shape index (κ2) is 6.50. The van der Waals surface area contributed by atoms with Crippen LogP contribution in [0.5, 0.6) is 0 Å². The summed E-state index contributed by atoms with van der Waals surface area (Å²) in [6.07, 6.45) is 3.23. The summed E-state index contributed by atoms with van der Waals surface area (Å²) in [4.78, 5) is 22.0. The SMILES string of the molecule is O=C(Nc1cccc(Cn2cc(Cl)cn2)c1)c1cc([N+](=O)[O-])[nH]n1. The molecule has 24 heavy (non-hydrogen) atoms. The van der Waals surface area contributed by atoms with Gasteiger partial charge in [0.1, 0.15) is 0 Å². The molecule has 0 aliphatic rings. The molecule has 10 heteroatoms. The Labute approximate surface area is 140 Å².